The van der Waals surface area contributed by atoms with Crippen molar-refractivity contribution in [1.82, 2.24) is 19.7 Å². The van der Waals surface area contributed by atoms with Crippen molar-refractivity contribution in [1.29, 1.82) is 0 Å². The lowest BCUT2D eigenvalue weighted by atomic mass is 9.97. The highest BCUT2D eigenvalue weighted by Gasteiger charge is 2.39. The van der Waals surface area contributed by atoms with Gasteiger partial charge in [-0.3, -0.25) is 14.6 Å². The van der Waals surface area contributed by atoms with Crippen molar-refractivity contribution in [2.75, 3.05) is 18.9 Å². The second-order valence-corrected chi connectivity index (χ2v) is 11.6. The van der Waals surface area contributed by atoms with Crippen LogP contribution in [0.1, 0.15) is 12.5 Å². The highest BCUT2D eigenvalue weighted by Crippen LogP contribution is 2.35. The number of nitrogens with one attached hydrogen (secondary N) is 1. The Labute approximate surface area is 210 Å². The Kier molecular flexibility index (Phi) is 7.24. The van der Waals surface area contributed by atoms with E-state index in [1.807, 2.05) is 37.5 Å². The Morgan fingerprint density at radius 2 is 1.97 bits per heavy atom. The van der Waals surface area contributed by atoms with Crippen molar-refractivity contribution in [2.24, 2.45) is 11.8 Å². The molecule has 4 rings (SSSR count). The van der Waals surface area contributed by atoms with E-state index in [2.05, 4.69) is 24.6 Å². The maximum atomic E-state index is 14.1. The smallest absolute Gasteiger partial charge is 0.270 e. The Hall–Kier alpha value is -2.46. The number of benzene rings is 1. The third-order valence-electron chi connectivity index (χ3n) is 5.74. The molecule has 0 spiro atoms. The summed E-state index contributed by atoms with van der Waals surface area (Å²) in [4.78, 5) is 31.0. The van der Waals surface area contributed by atoms with Crippen molar-refractivity contribution in [3.8, 4) is 22.7 Å². The lowest BCUT2D eigenvalue weighted by molar-refractivity contribution is -0.131. The molecule has 0 bridgehead atoms. The molecular weight excluding hydrogens is 506 g/mol. The standard InChI is InChI=1S/C23H27FN5O3P3/c1-12-4-15(10-25-9-12)29-19(14-5-16(7-17(33)6-14)32-23(24,34)35)8-20(27-29)26-21(30)18-11-28(3)22(31)13(18)2/h4-10,13,18H,11,33-35H2,1-3H3,(H,26,27,30)/t13-,18+/m1/s1. The van der Waals surface area contributed by atoms with Gasteiger partial charge < -0.3 is 15.0 Å². The first-order valence-electron chi connectivity index (χ1n) is 10.9. The number of nitrogens with zero attached hydrogens (tertiary/aromatic N) is 4. The van der Waals surface area contributed by atoms with Gasteiger partial charge in [-0.15, -0.1) is 14.3 Å². The molecule has 1 aliphatic rings. The molecule has 2 amide bonds. The molecule has 3 heterocycles. The summed E-state index contributed by atoms with van der Waals surface area (Å²) in [5, 5.41) is 6.25. The van der Waals surface area contributed by atoms with E-state index in [9.17, 15) is 14.0 Å². The van der Waals surface area contributed by atoms with Crippen molar-refractivity contribution >= 4 is 50.7 Å². The van der Waals surface area contributed by atoms with Crippen LogP contribution in [0.25, 0.3) is 16.9 Å². The Balaban J connectivity index is 1.74. The van der Waals surface area contributed by atoms with Crippen LogP contribution in [0, 0.1) is 18.8 Å². The topological polar surface area (TPSA) is 89.4 Å². The van der Waals surface area contributed by atoms with Gasteiger partial charge in [0.25, 0.3) is 5.34 Å². The maximum Gasteiger partial charge on any atom is 0.270 e. The largest absolute Gasteiger partial charge is 0.452 e. The number of carbonyl (C=O) groups excluding carboxylic acids is 2. The molecule has 1 aliphatic heterocycles. The number of halogens is 1. The number of aromatic nitrogens is 3. The van der Waals surface area contributed by atoms with Gasteiger partial charge in [0.2, 0.25) is 11.8 Å². The Bertz CT molecular complexity index is 1290. The highest BCUT2D eigenvalue weighted by atomic mass is 31.1. The van der Waals surface area contributed by atoms with Crippen molar-refractivity contribution in [3.63, 3.8) is 0 Å². The maximum absolute atomic E-state index is 14.1. The molecule has 0 radical (unpaired) electrons. The zero-order valence-corrected chi connectivity index (χ0v) is 23.0. The van der Waals surface area contributed by atoms with Crippen molar-refractivity contribution in [3.05, 3.63) is 48.3 Å². The first-order chi connectivity index (χ1) is 16.4. The fraction of sp³-hybridized carbons (Fsp3) is 0.304. The first kappa shape index (κ1) is 25.6. The predicted octanol–water partition coefficient (Wildman–Crippen LogP) is 3.12. The summed E-state index contributed by atoms with van der Waals surface area (Å²) in [6.07, 6.45) is 3.40. The zero-order chi connectivity index (χ0) is 25.5. The minimum Gasteiger partial charge on any atom is -0.452 e. The number of alkyl halides is 1. The summed E-state index contributed by atoms with van der Waals surface area (Å²) >= 11 is 0. The van der Waals surface area contributed by atoms with Gasteiger partial charge in [-0.2, -0.15) is 4.39 Å². The van der Waals surface area contributed by atoms with Gasteiger partial charge in [0.05, 0.1) is 23.5 Å². The molecule has 3 aromatic rings. The molecule has 1 saturated heterocycles. The van der Waals surface area contributed by atoms with Crippen LogP contribution >= 0.6 is 27.7 Å². The van der Waals surface area contributed by atoms with Gasteiger partial charge in [-0.05, 0) is 60.5 Å². The fourth-order valence-electron chi connectivity index (χ4n) is 4.10. The van der Waals surface area contributed by atoms with Crippen LogP contribution in [-0.2, 0) is 9.59 Å². The van der Waals surface area contributed by atoms with Crippen LogP contribution in [0.5, 0.6) is 5.75 Å². The Morgan fingerprint density at radius 1 is 1.23 bits per heavy atom. The SMILES string of the molecule is Cc1cncc(-n2nc(NC(=O)[C@H]3CN(C)C(=O)[C@@H]3C)cc2-c2cc(P)cc(OC(F)(P)P)c2)c1. The first-order valence-corrected chi connectivity index (χ1v) is 12.6. The molecule has 0 aliphatic carbocycles. The predicted molar refractivity (Wildman–Crippen MR) is 144 cm³/mol. The van der Waals surface area contributed by atoms with E-state index < -0.39 is 17.2 Å². The van der Waals surface area contributed by atoms with Crippen LogP contribution in [0.4, 0.5) is 10.2 Å². The molecular formula is C23H27FN5O3P3. The Morgan fingerprint density at radius 3 is 2.60 bits per heavy atom. The summed E-state index contributed by atoms with van der Waals surface area (Å²) in [5.74, 6) is -0.559. The van der Waals surface area contributed by atoms with Crippen LogP contribution in [-0.4, -0.2) is 50.4 Å². The second kappa shape index (κ2) is 9.89. The molecule has 2 aromatic heterocycles. The van der Waals surface area contributed by atoms with E-state index in [0.29, 0.717) is 35.1 Å². The molecule has 35 heavy (non-hydrogen) atoms. The van der Waals surface area contributed by atoms with Crippen LogP contribution in [0.15, 0.2) is 42.7 Å². The summed E-state index contributed by atoms with van der Waals surface area (Å²) < 4.78 is 21.2. The number of carbonyl (C=O) groups is 2. The minimum atomic E-state index is -2.02. The number of pyridine rings is 1. The number of aryl methyl sites for hydroxylation is 1. The fourth-order valence-corrected chi connectivity index (χ4v) is 4.72. The number of hydrogen-bond acceptors (Lipinski definition) is 5. The molecule has 184 valence electrons. The molecule has 3 unspecified atom stereocenters. The van der Waals surface area contributed by atoms with Crippen molar-refractivity contribution < 1.29 is 18.7 Å². The van der Waals surface area contributed by atoms with Gasteiger partial charge in [-0.1, -0.05) is 6.92 Å². The van der Waals surface area contributed by atoms with Crippen LogP contribution in [0.3, 0.4) is 0 Å². The molecule has 8 nitrogen and oxygen atoms in total. The average molecular weight is 533 g/mol. The molecule has 1 N–H and O–H groups in total. The average Bonchev–Trinajstić information content (AvgIpc) is 3.28. The normalized spacial score (nSPS) is 18.1. The minimum absolute atomic E-state index is 0.0564. The van der Waals surface area contributed by atoms with Gasteiger partial charge in [0, 0.05) is 37.3 Å². The number of rotatable bonds is 6. The quantitative estimate of drug-likeness (QED) is 0.492. The molecule has 0 saturated carbocycles. The third-order valence-corrected chi connectivity index (χ3v) is 6.31. The zero-order valence-electron chi connectivity index (χ0n) is 19.5. The summed E-state index contributed by atoms with van der Waals surface area (Å²) in [5.41, 5.74) is 2.98. The molecule has 1 aromatic carbocycles. The van der Waals surface area contributed by atoms with E-state index in [0.717, 1.165) is 10.9 Å². The lowest BCUT2D eigenvalue weighted by Gasteiger charge is -2.18. The van der Waals surface area contributed by atoms with E-state index >= 15 is 0 Å². The molecule has 5 atom stereocenters. The number of hydrogen-bond donors (Lipinski definition) is 1. The summed E-state index contributed by atoms with van der Waals surface area (Å²) in [6.45, 7) is 4.03. The van der Waals surface area contributed by atoms with E-state index in [1.54, 1.807) is 54.1 Å². The van der Waals surface area contributed by atoms with E-state index in [-0.39, 0.29) is 11.8 Å². The lowest BCUT2D eigenvalue weighted by Crippen LogP contribution is -2.28. The number of ether oxygens (including phenoxy) is 1. The van der Waals surface area contributed by atoms with E-state index in [1.165, 1.54) is 0 Å². The monoisotopic (exact) mass is 533 g/mol. The summed E-state index contributed by atoms with van der Waals surface area (Å²) in [6, 6.07) is 8.94. The highest BCUT2D eigenvalue weighted by molar-refractivity contribution is 7.38. The number of amides is 2. The third kappa shape index (κ3) is 5.86. The van der Waals surface area contributed by atoms with Gasteiger partial charge in [0.15, 0.2) is 5.82 Å². The number of anilines is 1. The number of likely N-dealkylation sites (tertiary alicyclic amines) is 1. The van der Waals surface area contributed by atoms with Crippen molar-refractivity contribution in [2.45, 2.75) is 19.2 Å². The molecule has 12 heteroatoms. The van der Waals surface area contributed by atoms with Gasteiger partial charge >= 0.3 is 0 Å². The van der Waals surface area contributed by atoms with Gasteiger partial charge in [-0.25, -0.2) is 4.68 Å². The molecule has 1 fully saturated rings. The van der Waals surface area contributed by atoms with Crippen LogP contribution in [0.2, 0.25) is 0 Å². The van der Waals surface area contributed by atoms with Crippen LogP contribution < -0.4 is 15.4 Å². The summed E-state index contributed by atoms with van der Waals surface area (Å²) in [7, 11) is 8.23. The van der Waals surface area contributed by atoms with E-state index in [4.69, 9.17) is 4.74 Å². The second-order valence-electron chi connectivity index (χ2n) is 8.74. The van der Waals surface area contributed by atoms with Gasteiger partial charge in [0.1, 0.15) is 5.75 Å².